The van der Waals surface area contributed by atoms with Crippen LogP contribution in [0.3, 0.4) is 0 Å². The molecule has 1 saturated heterocycles. The fraction of sp³-hybridized carbons (Fsp3) is 0.300. The number of nitrogens with one attached hydrogen (secondary N) is 1. The van der Waals surface area contributed by atoms with Crippen LogP contribution in [0.2, 0.25) is 0 Å². The summed E-state index contributed by atoms with van der Waals surface area (Å²) in [6.45, 7) is 4.45. The second kappa shape index (κ2) is 8.12. The summed E-state index contributed by atoms with van der Waals surface area (Å²) in [4.78, 5) is 25.6. The number of carbonyl (C=O) groups excluding carboxylic acids is 2. The van der Waals surface area contributed by atoms with E-state index in [1.54, 1.807) is 23.1 Å². The van der Waals surface area contributed by atoms with Crippen molar-refractivity contribution in [2.45, 2.75) is 18.7 Å². The number of anilines is 1. The number of piperazine rings is 1. The summed E-state index contributed by atoms with van der Waals surface area (Å²) in [5.74, 6) is -0.292. The smallest absolute Gasteiger partial charge is 0.254 e. The molecule has 2 aromatic carbocycles. The van der Waals surface area contributed by atoms with Crippen molar-refractivity contribution in [3.05, 3.63) is 59.7 Å². The molecule has 2 aromatic rings. The first kappa shape index (κ1) is 20.0. The monoisotopic (exact) mass is 401 g/mol. The molecule has 0 bridgehead atoms. The van der Waals surface area contributed by atoms with Crippen LogP contribution >= 0.6 is 0 Å². The molecule has 0 unspecified atom stereocenters. The zero-order valence-corrected chi connectivity index (χ0v) is 16.7. The molecule has 7 nitrogen and oxygen atoms in total. The number of amides is 2. The summed E-state index contributed by atoms with van der Waals surface area (Å²) < 4.78 is 27.1. The molecule has 1 aliphatic heterocycles. The highest BCUT2D eigenvalue weighted by atomic mass is 32.2. The predicted molar refractivity (Wildman–Crippen MR) is 107 cm³/mol. The number of carbonyl (C=O) groups is 2. The number of hydrogen-bond acceptors (Lipinski definition) is 4. The van der Waals surface area contributed by atoms with E-state index in [2.05, 4.69) is 5.32 Å². The molecule has 0 radical (unpaired) electrons. The highest BCUT2D eigenvalue weighted by Gasteiger charge is 2.30. The van der Waals surface area contributed by atoms with Crippen LogP contribution in [0.5, 0.6) is 0 Å². The van der Waals surface area contributed by atoms with Crippen molar-refractivity contribution in [2.75, 3.05) is 31.5 Å². The van der Waals surface area contributed by atoms with Crippen LogP contribution < -0.4 is 5.32 Å². The zero-order valence-electron chi connectivity index (χ0n) is 15.9. The molecule has 3 rings (SSSR count). The third kappa shape index (κ3) is 4.23. The highest BCUT2D eigenvalue weighted by Crippen LogP contribution is 2.21. The summed E-state index contributed by atoms with van der Waals surface area (Å²) in [6.07, 6.45) is 0. The maximum absolute atomic E-state index is 12.9. The maximum Gasteiger partial charge on any atom is 0.254 e. The Morgan fingerprint density at radius 3 is 2.11 bits per heavy atom. The first-order chi connectivity index (χ1) is 13.3. The molecular weight excluding hydrogens is 378 g/mol. The Hall–Kier alpha value is -2.71. The minimum absolute atomic E-state index is 0.0743. The van der Waals surface area contributed by atoms with Gasteiger partial charge in [-0.3, -0.25) is 9.59 Å². The number of sulfonamides is 1. The van der Waals surface area contributed by atoms with Crippen molar-refractivity contribution < 1.29 is 18.0 Å². The summed E-state index contributed by atoms with van der Waals surface area (Å²) in [5, 5.41) is 2.61. The first-order valence-corrected chi connectivity index (χ1v) is 10.5. The quantitative estimate of drug-likeness (QED) is 0.850. The fourth-order valence-electron chi connectivity index (χ4n) is 3.18. The summed E-state index contributed by atoms with van der Waals surface area (Å²) in [5.41, 5.74) is 2.09. The van der Waals surface area contributed by atoms with Gasteiger partial charge in [0.15, 0.2) is 0 Å². The van der Waals surface area contributed by atoms with E-state index in [-0.39, 0.29) is 29.8 Å². The van der Waals surface area contributed by atoms with E-state index in [0.29, 0.717) is 24.3 Å². The Bertz CT molecular complexity index is 979. The van der Waals surface area contributed by atoms with Crippen LogP contribution in [-0.4, -0.2) is 55.6 Å². The van der Waals surface area contributed by atoms with Crippen molar-refractivity contribution >= 4 is 27.5 Å². The molecule has 0 saturated carbocycles. The Balaban J connectivity index is 1.67. The lowest BCUT2D eigenvalue weighted by molar-refractivity contribution is -0.114. The van der Waals surface area contributed by atoms with E-state index in [1.807, 2.05) is 25.1 Å². The maximum atomic E-state index is 12.9. The second-order valence-corrected chi connectivity index (χ2v) is 8.65. The molecule has 148 valence electrons. The van der Waals surface area contributed by atoms with Crippen molar-refractivity contribution in [3.8, 4) is 0 Å². The lowest BCUT2D eigenvalue weighted by Crippen LogP contribution is -2.50. The zero-order chi connectivity index (χ0) is 20.3. The molecule has 1 aliphatic rings. The van der Waals surface area contributed by atoms with Crippen LogP contribution in [0.15, 0.2) is 53.4 Å². The molecule has 1 heterocycles. The van der Waals surface area contributed by atoms with Gasteiger partial charge >= 0.3 is 0 Å². The average Bonchev–Trinajstić information content (AvgIpc) is 2.68. The Labute approximate surface area is 165 Å². The molecule has 0 aromatic heterocycles. The van der Waals surface area contributed by atoms with Crippen molar-refractivity contribution in [1.29, 1.82) is 0 Å². The molecule has 1 fully saturated rings. The van der Waals surface area contributed by atoms with Crippen LogP contribution in [-0.2, 0) is 14.8 Å². The minimum atomic E-state index is -3.65. The topological polar surface area (TPSA) is 86.8 Å². The number of aryl methyl sites for hydroxylation is 1. The first-order valence-electron chi connectivity index (χ1n) is 9.02. The Morgan fingerprint density at radius 2 is 1.54 bits per heavy atom. The van der Waals surface area contributed by atoms with E-state index in [0.717, 1.165) is 5.56 Å². The standard InChI is InChI=1S/C20H23N3O4S/c1-15-5-3-4-6-19(15)20(25)22-11-13-23(14-12-22)28(26,27)18-9-7-17(8-10-18)21-16(2)24/h3-10H,11-14H2,1-2H3,(H,21,24). The molecule has 1 N–H and O–H groups in total. The lowest BCUT2D eigenvalue weighted by Gasteiger charge is -2.34. The van der Waals surface area contributed by atoms with Crippen LogP contribution in [0, 0.1) is 6.92 Å². The van der Waals surface area contributed by atoms with Gasteiger partial charge in [-0.25, -0.2) is 8.42 Å². The summed E-state index contributed by atoms with van der Waals surface area (Å²) in [7, 11) is -3.65. The molecule has 0 aliphatic carbocycles. The number of benzene rings is 2. The minimum Gasteiger partial charge on any atom is -0.336 e. The van der Waals surface area contributed by atoms with Gasteiger partial charge in [0.05, 0.1) is 4.90 Å². The van der Waals surface area contributed by atoms with Gasteiger partial charge in [0.25, 0.3) is 5.91 Å². The van der Waals surface area contributed by atoms with E-state index in [1.165, 1.54) is 23.4 Å². The summed E-state index contributed by atoms with van der Waals surface area (Å²) in [6, 6.07) is 13.5. The molecule has 0 spiro atoms. The highest BCUT2D eigenvalue weighted by molar-refractivity contribution is 7.89. The number of hydrogen-bond donors (Lipinski definition) is 1. The summed E-state index contributed by atoms with van der Waals surface area (Å²) >= 11 is 0. The Kier molecular flexibility index (Phi) is 5.81. The van der Waals surface area contributed by atoms with E-state index in [9.17, 15) is 18.0 Å². The Morgan fingerprint density at radius 1 is 0.929 bits per heavy atom. The van der Waals surface area contributed by atoms with Gasteiger partial charge < -0.3 is 10.2 Å². The molecule has 2 amide bonds. The average molecular weight is 401 g/mol. The van der Waals surface area contributed by atoms with Gasteiger partial charge in [-0.05, 0) is 42.8 Å². The second-order valence-electron chi connectivity index (χ2n) is 6.72. The molecule has 0 atom stereocenters. The predicted octanol–water partition coefficient (Wildman–Crippen LogP) is 2.10. The van der Waals surface area contributed by atoms with Crippen LogP contribution in [0.1, 0.15) is 22.8 Å². The largest absolute Gasteiger partial charge is 0.336 e. The number of nitrogens with zero attached hydrogens (tertiary/aromatic N) is 2. The molecular formula is C20H23N3O4S. The normalized spacial score (nSPS) is 15.3. The lowest BCUT2D eigenvalue weighted by atomic mass is 10.1. The van der Waals surface area contributed by atoms with Gasteiger partial charge in [0.1, 0.15) is 0 Å². The van der Waals surface area contributed by atoms with E-state index in [4.69, 9.17) is 0 Å². The fourth-order valence-corrected chi connectivity index (χ4v) is 4.60. The van der Waals surface area contributed by atoms with Crippen molar-refractivity contribution in [3.63, 3.8) is 0 Å². The number of rotatable bonds is 4. The molecule has 28 heavy (non-hydrogen) atoms. The molecule has 8 heteroatoms. The van der Waals surface area contributed by atoms with Crippen LogP contribution in [0.4, 0.5) is 5.69 Å². The van der Waals surface area contributed by atoms with E-state index >= 15 is 0 Å². The van der Waals surface area contributed by atoms with Crippen molar-refractivity contribution in [2.24, 2.45) is 0 Å². The third-order valence-electron chi connectivity index (χ3n) is 4.71. The van der Waals surface area contributed by atoms with Gasteiger partial charge in [-0.2, -0.15) is 4.31 Å². The van der Waals surface area contributed by atoms with Crippen LogP contribution in [0.25, 0.3) is 0 Å². The van der Waals surface area contributed by atoms with E-state index < -0.39 is 10.0 Å². The van der Waals surface area contributed by atoms with Gasteiger partial charge in [-0.15, -0.1) is 0 Å². The van der Waals surface area contributed by atoms with Gasteiger partial charge in [0, 0.05) is 44.4 Å². The van der Waals surface area contributed by atoms with Gasteiger partial charge in [-0.1, -0.05) is 18.2 Å². The van der Waals surface area contributed by atoms with Crippen molar-refractivity contribution in [1.82, 2.24) is 9.21 Å². The SMILES string of the molecule is CC(=O)Nc1ccc(S(=O)(=O)N2CCN(C(=O)c3ccccc3C)CC2)cc1. The van der Waals surface area contributed by atoms with Gasteiger partial charge in [0.2, 0.25) is 15.9 Å². The third-order valence-corrected chi connectivity index (χ3v) is 6.63.